The van der Waals surface area contributed by atoms with E-state index in [9.17, 15) is 9.59 Å². The summed E-state index contributed by atoms with van der Waals surface area (Å²) in [6.07, 6.45) is 14.0. The molecule has 230 valence electrons. The van der Waals surface area contributed by atoms with E-state index in [1.54, 1.807) is 6.20 Å². The van der Waals surface area contributed by atoms with Crippen molar-refractivity contribution in [1.29, 1.82) is 0 Å². The van der Waals surface area contributed by atoms with Gasteiger partial charge in [0.2, 0.25) is 0 Å². The van der Waals surface area contributed by atoms with Gasteiger partial charge >= 0.3 is 0 Å². The molecule has 1 saturated heterocycles. The molecule has 1 N–H and O–H groups in total. The summed E-state index contributed by atoms with van der Waals surface area (Å²) in [7, 11) is 6.24. The number of piperazine rings is 1. The fourth-order valence-corrected chi connectivity index (χ4v) is 5.12. The Bertz CT molecular complexity index is 768. The summed E-state index contributed by atoms with van der Waals surface area (Å²) < 4.78 is 0. The van der Waals surface area contributed by atoms with Gasteiger partial charge in [0.1, 0.15) is 12.1 Å². The molecule has 2 aliphatic carbocycles. The lowest BCUT2D eigenvalue weighted by Crippen LogP contribution is -2.47. The number of anilines is 1. The highest BCUT2D eigenvalue weighted by Crippen LogP contribution is 2.25. The van der Waals surface area contributed by atoms with E-state index in [0.717, 1.165) is 76.7 Å². The van der Waals surface area contributed by atoms with Crippen LogP contribution in [0.5, 0.6) is 0 Å². The van der Waals surface area contributed by atoms with Crippen LogP contribution in [0.1, 0.15) is 95.8 Å². The third kappa shape index (κ3) is 12.6. The van der Waals surface area contributed by atoms with E-state index in [1.165, 1.54) is 38.5 Å². The molecule has 1 aliphatic heterocycles. The molecule has 2 saturated carbocycles. The van der Waals surface area contributed by atoms with Crippen molar-refractivity contribution >= 4 is 18.0 Å². The minimum absolute atomic E-state index is 0.124. The van der Waals surface area contributed by atoms with E-state index in [4.69, 9.17) is 0 Å². The molecule has 1 aromatic rings. The van der Waals surface area contributed by atoms with Crippen LogP contribution >= 0.6 is 0 Å². The number of hydrogen-bond donors (Lipinski definition) is 1. The Morgan fingerprint density at radius 1 is 0.975 bits per heavy atom. The van der Waals surface area contributed by atoms with Crippen molar-refractivity contribution in [2.45, 2.75) is 97.6 Å². The Balaban J connectivity index is 0.000000511. The van der Waals surface area contributed by atoms with E-state index in [1.807, 2.05) is 33.0 Å². The topological polar surface area (TPSA) is 72.0 Å². The minimum Gasteiger partial charge on any atom is -0.354 e. The van der Waals surface area contributed by atoms with E-state index >= 15 is 0 Å². The number of carbonyl (C=O) groups is 2. The smallest absolute Gasteiger partial charge is 0.255 e. The molecule has 8 heteroatoms. The molecule has 4 rings (SSSR count). The second-order valence-corrected chi connectivity index (χ2v) is 10.9. The molecule has 40 heavy (non-hydrogen) atoms. The fraction of sp³-hybridized carbons (Fsp3) is 0.781. The lowest BCUT2D eigenvalue weighted by atomic mass is 9.92. The number of pyridine rings is 1. The Morgan fingerprint density at radius 3 is 1.98 bits per heavy atom. The predicted octanol–water partition coefficient (Wildman–Crippen LogP) is 4.94. The SMILES string of the molecule is CC.CCCN(C(=O)c1ccc(N2CCN(CC=O)CC2)nc1)C1CCCCC1.CCNC.CN(C)C1CCC1. The standard InChI is InChI=1S/C21H32N4O2.C6H13N.C3H9N.C2H6/c1-2-10-25(19-6-4-3-5-7-19)21(27)18-8-9-20(22-17-18)24-13-11-23(12-14-24)15-16-26;1-7(2)6-4-3-5-6;1-3-4-2;1-2/h8-9,16-17,19H,2-7,10-15H2,1H3;6H,3-5H2,1-2H3;4H,3H2,1-2H3;1-2H3. The van der Waals surface area contributed by atoms with Crippen molar-refractivity contribution in [2.24, 2.45) is 0 Å². The van der Waals surface area contributed by atoms with Gasteiger partial charge in [0, 0.05) is 51.0 Å². The lowest BCUT2D eigenvalue weighted by molar-refractivity contribution is -0.108. The first-order valence-electron chi connectivity index (χ1n) is 15.9. The summed E-state index contributed by atoms with van der Waals surface area (Å²) in [4.78, 5) is 37.0. The van der Waals surface area contributed by atoms with Crippen LogP contribution in [0, 0.1) is 0 Å². The zero-order chi connectivity index (χ0) is 29.8. The average molecular weight is 561 g/mol. The van der Waals surface area contributed by atoms with Crippen LogP contribution in [0.15, 0.2) is 18.3 Å². The maximum absolute atomic E-state index is 13.1. The summed E-state index contributed by atoms with van der Waals surface area (Å²) in [6, 6.07) is 5.19. The molecule has 0 radical (unpaired) electrons. The van der Waals surface area contributed by atoms with Gasteiger partial charge in [-0.25, -0.2) is 4.98 Å². The van der Waals surface area contributed by atoms with Crippen LogP contribution in [0.25, 0.3) is 0 Å². The second kappa shape index (κ2) is 21.7. The minimum atomic E-state index is 0.124. The first kappa shape index (κ1) is 36.0. The molecular weight excluding hydrogens is 500 g/mol. The van der Waals surface area contributed by atoms with Crippen LogP contribution in [0.2, 0.25) is 0 Å². The van der Waals surface area contributed by atoms with Crippen molar-refractivity contribution in [2.75, 3.05) is 71.9 Å². The van der Waals surface area contributed by atoms with Crippen LogP contribution in [-0.2, 0) is 4.79 Å². The average Bonchev–Trinajstić information content (AvgIpc) is 2.97. The van der Waals surface area contributed by atoms with Crippen LogP contribution in [-0.4, -0.2) is 111 Å². The normalized spacial score (nSPS) is 17.8. The quantitative estimate of drug-likeness (QED) is 0.429. The number of nitrogens with zero attached hydrogens (tertiary/aromatic N) is 5. The van der Waals surface area contributed by atoms with Crippen LogP contribution in [0.3, 0.4) is 0 Å². The summed E-state index contributed by atoms with van der Waals surface area (Å²) in [5.74, 6) is 1.04. The monoisotopic (exact) mass is 560 g/mol. The van der Waals surface area contributed by atoms with Gasteiger partial charge in [-0.1, -0.05) is 53.4 Å². The molecule has 0 unspecified atom stereocenters. The Kier molecular flexibility index (Phi) is 19.5. The molecule has 8 nitrogen and oxygen atoms in total. The zero-order valence-corrected chi connectivity index (χ0v) is 26.8. The molecule has 2 heterocycles. The Morgan fingerprint density at radius 2 is 1.57 bits per heavy atom. The van der Waals surface area contributed by atoms with E-state index in [0.29, 0.717) is 18.2 Å². The zero-order valence-electron chi connectivity index (χ0n) is 26.8. The van der Waals surface area contributed by atoms with Gasteiger partial charge in [0.05, 0.1) is 12.1 Å². The van der Waals surface area contributed by atoms with Gasteiger partial charge in [0.15, 0.2) is 0 Å². The molecule has 1 aromatic heterocycles. The van der Waals surface area contributed by atoms with Crippen molar-refractivity contribution in [1.82, 2.24) is 25.0 Å². The highest BCUT2D eigenvalue weighted by atomic mass is 16.2. The number of aromatic nitrogens is 1. The van der Waals surface area contributed by atoms with E-state index < -0.39 is 0 Å². The van der Waals surface area contributed by atoms with Gasteiger partial charge in [-0.3, -0.25) is 9.69 Å². The van der Waals surface area contributed by atoms with Crippen molar-refractivity contribution < 1.29 is 9.59 Å². The first-order chi connectivity index (χ1) is 19.4. The van der Waals surface area contributed by atoms with E-state index in [-0.39, 0.29) is 5.91 Å². The third-order valence-corrected chi connectivity index (χ3v) is 7.92. The van der Waals surface area contributed by atoms with Gasteiger partial charge in [-0.15, -0.1) is 0 Å². The summed E-state index contributed by atoms with van der Waals surface area (Å²) >= 11 is 0. The molecule has 1 amide bonds. The van der Waals surface area contributed by atoms with Gasteiger partial charge in [-0.05, 0) is 71.9 Å². The molecular formula is C32H60N6O2. The number of aldehydes is 1. The number of nitrogens with one attached hydrogen (secondary N) is 1. The number of rotatable bonds is 9. The van der Waals surface area contributed by atoms with Crippen LogP contribution < -0.4 is 10.2 Å². The molecule has 0 aromatic carbocycles. The van der Waals surface area contributed by atoms with E-state index in [2.05, 4.69) is 57.8 Å². The first-order valence-corrected chi connectivity index (χ1v) is 15.9. The van der Waals surface area contributed by atoms with Gasteiger partial charge in [-0.2, -0.15) is 0 Å². The summed E-state index contributed by atoms with van der Waals surface area (Å²) in [5, 5.41) is 2.93. The Labute approximate surface area is 245 Å². The molecule has 3 aliphatic rings. The van der Waals surface area contributed by atoms with Gasteiger partial charge in [0.25, 0.3) is 5.91 Å². The number of hydrogen-bond acceptors (Lipinski definition) is 7. The molecule has 0 atom stereocenters. The van der Waals surface area contributed by atoms with Crippen molar-refractivity contribution in [3.63, 3.8) is 0 Å². The largest absolute Gasteiger partial charge is 0.354 e. The van der Waals surface area contributed by atoms with Crippen molar-refractivity contribution in [3.05, 3.63) is 23.9 Å². The lowest BCUT2D eigenvalue weighted by Gasteiger charge is -2.35. The number of carbonyl (C=O) groups excluding carboxylic acids is 2. The molecule has 0 spiro atoms. The van der Waals surface area contributed by atoms with Gasteiger partial charge < -0.3 is 24.8 Å². The summed E-state index contributed by atoms with van der Waals surface area (Å²) in [5.41, 5.74) is 0.692. The fourth-order valence-electron chi connectivity index (χ4n) is 5.12. The molecule has 0 bridgehead atoms. The predicted molar refractivity (Wildman–Crippen MR) is 169 cm³/mol. The summed E-state index contributed by atoms with van der Waals surface area (Å²) in [6.45, 7) is 14.1. The third-order valence-electron chi connectivity index (χ3n) is 7.92. The number of amides is 1. The van der Waals surface area contributed by atoms with Crippen molar-refractivity contribution in [3.8, 4) is 0 Å². The maximum Gasteiger partial charge on any atom is 0.255 e. The van der Waals surface area contributed by atoms with Crippen LogP contribution in [0.4, 0.5) is 5.82 Å². The highest BCUT2D eigenvalue weighted by molar-refractivity contribution is 5.94. The second-order valence-electron chi connectivity index (χ2n) is 10.9. The highest BCUT2D eigenvalue weighted by Gasteiger charge is 2.26. The maximum atomic E-state index is 13.1. The Hall–Kier alpha value is -2.03. The molecule has 3 fully saturated rings.